The third-order valence-electron chi connectivity index (χ3n) is 6.00. The van der Waals surface area contributed by atoms with E-state index in [0.29, 0.717) is 40.7 Å². The number of benzene rings is 1. The van der Waals surface area contributed by atoms with E-state index in [1.54, 1.807) is 16.9 Å². The van der Waals surface area contributed by atoms with Gasteiger partial charge in [0.05, 0.1) is 18.0 Å². The van der Waals surface area contributed by atoms with Crippen LogP contribution in [0.2, 0.25) is 5.02 Å². The minimum absolute atomic E-state index is 0.0163. The molecule has 0 spiro atoms. The number of sulfonamides is 1. The van der Waals surface area contributed by atoms with E-state index in [-0.39, 0.29) is 17.7 Å². The number of H-pyrrole nitrogens is 1. The molecule has 11 nitrogen and oxygen atoms in total. The van der Waals surface area contributed by atoms with Crippen molar-refractivity contribution in [3.8, 4) is 17.1 Å². The zero-order chi connectivity index (χ0) is 24.2. The van der Waals surface area contributed by atoms with Gasteiger partial charge in [0.1, 0.15) is 11.4 Å². The molecule has 4 aromatic rings. The number of ether oxygens (including phenoxy) is 1. The fraction of sp³-hybridized carbons (Fsp3) is 0.333. The first kappa shape index (κ1) is 22.6. The molecule has 1 aromatic carbocycles. The molecule has 13 heteroatoms. The Balaban J connectivity index is 1.35. The fourth-order valence-electron chi connectivity index (χ4n) is 3.97. The lowest BCUT2D eigenvalue weighted by Gasteiger charge is -2.40. The summed E-state index contributed by atoms with van der Waals surface area (Å²) in [4.78, 5) is 24.5. The van der Waals surface area contributed by atoms with Crippen molar-refractivity contribution < 1.29 is 17.9 Å². The molecule has 0 radical (unpaired) electrons. The van der Waals surface area contributed by atoms with Crippen molar-refractivity contribution >= 4 is 49.8 Å². The van der Waals surface area contributed by atoms with Gasteiger partial charge in [0.25, 0.3) is 0 Å². The molecule has 178 valence electrons. The van der Waals surface area contributed by atoms with Gasteiger partial charge in [0, 0.05) is 48.7 Å². The molecule has 5 rings (SSSR count). The van der Waals surface area contributed by atoms with Gasteiger partial charge in [0.2, 0.25) is 10.0 Å². The number of aryl methyl sites for hydroxylation is 1. The highest BCUT2D eigenvalue weighted by Gasteiger charge is 2.37. The molecule has 1 aliphatic rings. The lowest BCUT2D eigenvalue weighted by atomic mass is 9.95. The Morgan fingerprint density at radius 1 is 1.35 bits per heavy atom. The van der Waals surface area contributed by atoms with Crippen molar-refractivity contribution in [1.29, 1.82) is 0 Å². The van der Waals surface area contributed by atoms with Crippen LogP contribution in [0, 0.1) is 5.92 Å². The van der Waals surface area contributed by atoms with Crippen molar-refractivity contribution in [2.75, 3.05) is 19.3 Å². The normalized spacial score (nSPS) is 16.0. The standard InChI is InChI=1S/C21H22ClN7O4S/c1-11(12-9-29(10-12)34(3,31)32)25-21(30)33-17-8-24-20-19(17)26-15(7-23-20)18-14-5-4-13(22)6-16(14)28(2)27-18/h4-8,11-12H,9-10H2,1-3H3,(H,23,24)(H,25,30). The van der Waals surface area contributed by atoms with E-state index in [1.807, 2.05) is 26.1 Å². The molecule has 0 saturated carbocycles. The number of amides is 1. The van der Waals surface area contributed by atoms with Crippen molar-refractivity contribution in [2.45, 2.75) is 13.0 Å². The van der Waals surface area contributed by atoms with Crippen molar-refractivity contribution in [1.82, 2.24) is 34.4 Å². The molecule has 3 aromatic heterocycles. The number of carbonyl (C=O) groups is 1. The van der Waals surface area contributed by atoms with E-state index < -0.39 is 16.1 Å². The van der Waals surface area contributed by atoms with E-state index in [9.17, 15) is 13.2 Å². The van der Waals surface area contributed by atoms with Crippen molar-refractivity contribution in [3.63, 3.8) is 0 Å². The Morgan fingerprint density at radius 2 is 2.12 bits per heavy atom. The molecule has 1 unspecified atom stereocenters. The highest BCUT2D eigenvalue weighted by molar-refractivity contribution is 7.88. The van der Waals surface area contributed by atoms with Crippen LogP contribution in [0.3, 0.4) is 0 Å². The second kappa shape index (κ2) is 8.22. The summed E-state index contributed by atoms with van der Waals surface area (Å²) in [5, 5.41) is 8.80. The van der Waals surface area contributed by atoms with Gasteiger partial charge in [-0.15, -0.1) is 0 Å². The van der Waals surface area contributed by atoms with Gasteiger partial charge in [-0.05, 0) is 25.1 Å². The van der Waals surface area contributed by atoms with E-state index in [2.05, 4.69) is 25.4 Å². The van der Waals surface area contributed by atoms with E-state index in [4.69, 9.17) is 16.3 Å². The molecule has 2 N–H and O–H groups in total. The van der Waals surface area contributed by atoms with Gasteiger partial charge in [0.15, 0.2) is 16.9 Å². The van der Waals surface area contributed by atoms with Crippen LogP contribution < -0.4 is 10.1 Å². The number of rotatable bonds is 5. The largest absolute Gasteiger partial charge is 0.412 e. The molecule has 0 aliphatic carbocycles. The van der Waals surface area contributed by atoms with Gasteiger partial charge in [-0.2, -0.15) is 5.10 Å². The molecule has 4 heterocycles. The number of fused-ring (bicyclic) bond motifs is 2. The van der Waals surface area contributed by atoms with Gasteiger partial charge in [-0.1, -0.05) is 11.6 Å². The highest BCUT2D eigenvalue weighted by atomic mass is 35.5. The third kappa shape index (κ3) is 4.08. The molecule has 1 saturated heterocycles. The van der Waals surface area contributed by atoms with E-state index in [1.165, 1.54) is 16.8 Å². The Hall–Kier alpha value is -3.22. The van der Waals surface area contributed by atoms with E-state index in [0.717, 1.165) is 10.9 Å². The number of nitrogens with zero attached hydrogens (tertiary/aromatic N) is 5. The Morgan fingerprint density at radius 3 is 2.85 bits per heavy atom. The average molecular weight is 504 g/mol. The topological polar surface area (TPSA) is 135 Å². The van der Waals surface area contributed by atoms with Gasteiger partial charge < -0.3 is 15.0 Å². The number of hydrogen-bond donors (Lipinski definition) is 2. The average Bonchev–Trinajstić information content (AvgIpc) is 3.26. The van der Waals surface area contributed by atoms with Crippen LogP contribution >= 0.6 is 11.6 Å². The van der Waals surface area contributed by atoms with Crippen molar-refractivity contribution in [2.24, 2.45) is 13.0 Å². The number of halogens is 1. The zero-order valence-corrected chi connectivity index (χ0v) is 20.2. The first-order chi connectivity index (χ1) is 16.1. The predicted molar refractivity (Wildman–Crippen MR) is 127 cm³/mol. The second-order valence-corrected chi connectivity index (χ2v) is 10.8. The lowest BCUT2D eigenvalue weighted by molar-refractivity contribution is 0.149. The van der Waals surface area contributed by atoms with Crippen LogP contribution in [0.5, 0.6) is 5.75 Å². The SMILES string of the molecule is CC(NC(=O)Oc1c[nH]c2ncc(-c3nn(C)c4cc(Cl)ccc34)nc12)C1CN(S(C)(=O)=O)C1. The fourth-order valence-corrected chi connectivity index (χ4v) is 5.06. The quantitative estimate of drug-likeness (QED) is 0.427. The lowest BCUT2D eigenvalue weighted by Crippen LogP contribution is -2.57. The van der Waals surface area contributed by atoms with Crippen LogP contribution in [0.25, 0.3) is 33.5 Å². The predicted octanol–water partition coefficient (Wildman–Crippen LogP) is 2.53. The number of carbonyl (C=O) groups excluding carboxylic acids is 1. The Bertz CT molecular complexity index is 1520. The number of hydrogen-bond acceptors (Lipinski definition) is 7. The minimum atomic E-state index is -3.21. The maximum absolute atomic E-state index is 12.5. The highest BCUT2D eigenvalue weighted by Crippen LogP contribution is 2.31. The molecule has 34 heavy (non-hydrogen) atoms. The molecule has 1 amide bonds. The summed E-state index contributed by atoms with van der Waals surface area (Å²) in [6.07, 6.45) is 3.64. The summed E-state index contributed by atoms with van der Waals surface area (Å²) in [7, 11) is -1.39. The van der Waals surface area contributed by atoms with Crippen LogP contribution in [0.4, 0.5) is 4.79 Å². The molecule has 0 bridgehead atoms. The molecule has 1 aliphatic heterocycles. The van der Waals surface area contributed by atoms with Gasteiger partial charge >= 0.3 is 6.09 Å². The van der Waals surface area contributed by atoms with E-state index >= 15 is 0 Å². The van der Waals surface area contributed by atoms with Crippen LogP contribution in [-0.2, 0) is 17.1 Å². The first-order valence-corrected chi connectivity index (χ1v) is 12.7. The maximum Gasteiger partial charge on any atom is 0.412 e. The first-order valence-electron chi connectivity index (χ1n) is 10.5. The smallest absolute Gasteiger partial charge is 0.406 e. The summed E-state index contributed by atoms with van der Waals surface area (Å²) < 4.78 is 31.7. The Kier molecular flexibility index (Phi) is 5.46. The van der Waals surface area contributed by atoms with Gasteiger partial charge in [-0.3, -0.25) is 4.68 Å². The third-order valence-corrected chi connectivity index (χ3v) is 7.47. The Labute approximate surface area is 200 Å². The van der Waals surface area contributed by atoms with Crippen LogP contribution in [0.1, 0.15) is 6.92 Å². The van der Waals surface area contributed by atoms with Crippen molar-refractivity contribution in [3.05, 3.63) is 35.6 Å². The summed E-state index contributed by atoms with van der Waals surface area (Å²) in [5.41, 5.74) is 2.86. The summed E-state index contributed by atoms with van der Waals surface area (Å²) >= 11 is 6.12. The molecular formula is C21H22ClN7O4S. The van der Waals surface area contributed by atoms with Crippen LogP contribution in [0.15, 0.2) is 30.6 Å². The second-order valence-electron chi connectivity index (χ2n) is 8.40. The number of nitrogens with one attached hydrogen (secondary N) is 2. The van der Waals surface area contributed by atoms with Gasteiger partial charge in [-0.25, -0.2) is 27.5 Å². The number of aromatic amines is 1. The summed E-state index contributed by atoms with van der Waals surface area (Å²) in [5.74, 6) is 0.242. The number of aromatic nitrogens is 5. The van der Waals surface area contributed by atoms with Crippen LogP contribution in [-0.4, -0.2) is 68.9 Å². The molecule has 1 atom stereocenters. The monoisotopic (exact) mass is 503 g/mol. The summed E-state index contributed by atoms with van der Waals surface area (Å²) in [6, 6.07) is 5.23. The minimum Gasteiger partial charge on any atom is -0.406 e. The zero-order valence-electron chi connectivity index (χ0n) is 18.6. The molecular weight excluding hydrogens is 482 g/mol. The molecule has 1 fully saturated rings. The maximum atomic E-state index is 12.5. The summed E-state index contributed by atoms with van der Waals surface area (Å²) in [6.45, 7) is 2.55.